The van der Waals surface area contributed by atoms with Gasteiger partial charge in [0.05, 0.1) is 19.0 Å². The molecule has 0 saturated heterocycles. The highest BCUT2D eigenvalue weighted by Crippen LogP contribution is 2.24. The molecule has 0 saturated carbocycles. The number of hydrogen-bond acceptors (Lipinski definition) is 3. The number of aromatic nitrogens is 2. The molecule has 0 aliphatic carbocycles. The highest BCUT2D eigenvalue weighted by atomic mass is 16.5. The summed E-state index contributed by atoms with van der Waals surface area (Å²) in [6.07, 6.45) is 1.84. The zero-order valence-corrected chi connectivity index (χ0v) is 9.47. The Balaban J connectivity index is 2.42. The van der Waals surface area contributed by atoms with Crippen LogP contribution in [0, 0.1) is 0 Å². The van der Waals surface area contributed by atoms with E-state index < -0.39 is 0 Å². The molecule has 0 aliphatic rings. The van der Waals surface area contributed by atoms with Crippen molar-refractivity contribution in [2.24, 2.45) is 12.8 Å². The number of benzene rings is 1. The Hall–Kier alpha value is -1.81. The van der Waals surface area contributed by atoms with Gasteiger partial charge in [-0.1, -0.05) is 12.1 Å². The lowest BCUT2D eigenvalue weighted by atomic mass is 10.1. The van der Waals surface area contributed by atoms with Gasteiger partial charge in [-0.2, -0.15) is 5.10 Å². The third-order valence-electron chi connectivity index (χ3n) is 2.66. The van der Waals surface area contributed by atoms with Crippen LogP contribution >= 0.6 is 0 Å². The molecule has 1 heterocycles. The molecule has 4 heteroatoms. The molecule has 2 N–H and O–H groups in total. The van der Waals surface area contributed by atoms with E-state index in [4.69, 9.17) is 10.5 Å². The number of aryl methyl sites for hydroxylation is 1. The van der Waals surface area contributed by atoms with Crippen molar-refractivity contribution >= 4 is 0 Å². The van der Waals surface area contributed by atoms with Gasteiger partial charge in [0.1, 0.15) is 5.75 Å². The summed E-state index contributed by atoms with van der Waals surface area (Å²) >= 11 is 0. The van der Waals surface area contributed by atoms with Crippen LogP contribution in [0.3, 0.4) is 0 Å². The van der Waals surface area contributed by atoms with Gasteiger partial charge in [-0.05, 0) is 17.7 Å². The summed E-state index contributed by atoms with van der Waals surface area (Å²) in [5.74, 6) is 0.849. The maximum absolute atomic E-state index is 5.70. The average molecular weight is 217 g/mol. The third kappa shape index (κ3) is 1.79. The van der Waals surface area contributed by atoms with Crippen LogP contribution in [-0.2, 0) is 13.6 Å². The third-order valence-corrected chi connectivity index (χ3v) is 2.66. The fourth-order valence-corrected chi connectivity index (χ4v) is 1.72. The van der Waals surface area contributed by atoms with Gasteiger partial charge in [-0.15, -0.1) is 0 Å². The smallest absolute Gasteiger partial charge is 0.118 e. The van der Waals surface area contributed by atoms with Crippen molar-refractivity contribution < 1.29 is 4.74 Å². The molecule has 16 heavy (non-hydrogen) atoms. The Morgan fingerprint density at radius 1 is 1.31 bits per heavy atom. The molecule has 0 atom stereocenters. The van der Waals surface area contributed by atoms with Gasteiger partial charge in [0.2, 0.25) is 0 Å². The van der Waals surface area contributed by atoms with E-state index in [0.29, 0.717) is 6.54 Å². The molecule has 0 bridgehead atoms. The summed E-state index contributed by atoms with van der Waals surface area (Å²) in [5, 5.41) is 4.21. The van der Waals surface area contributed by atoms with E-state index in [1.807, 2.05) is 37.5 Å². The van der Waals surface area contributed by atoms with Crippen LogP contribution < -0.4 is 10.5 Å². The second-order valence-electron chi connectivity index (χ2n) is 3.56. The molecular formula is C12H15N3O. The van der Waals surface area contributed by atoms with E-state index >= 15 is 0 Å². The van der Waals surface area contributed by atoms with Crippen LogP contribution in [0.5, 0.6) is 5.75 Å². The van der Waals surface area contributed by atoms with Crippen molar-refractivity contribution in [3.63, 3.8) is 0 Å². The van der Waals surface area contributed by atoms with Crippen molar-refractivity contribution in [2.45, 2.75) is 6.54 Å². The topological polar surface area (TPSA) is 53.1 Å². The molecule has 1 aromatic carbocycles. The summed E-state index contributed by atoms with van der Waals surface area (Å²) in [4.78, 5) is 0. The van der Waals surface area contributed by atoms with Crippen molar-refractivity contribution in [1.29, 1.82) is 0 Å². The molecule has 0 amide bonds. The Labute approximate surface area is 94.6 Å². The zero-order valence-electron chi connectivity index (χ0n) is 9.47. The predicted octanol–water partition coefficient (Wildman–Crippen LogP) is 1.55. The summed E-state index contributed by atoms with van der Waals surface area (Å²) in [7, 11) is 3.56. The van der Waals surface area contributed by atoms with E-state index in [0.717, 1.165) is 22.6 Å². The number of ether oxygens (including phenoxy) is 1. The Morgan fingerprint density at radius 3 is 2.56 bits per heavy atom. The van der Waals surface area contributed by atoms with Gasteiger partial charge < -0.3 is 10.5 Å². The molecule has 0 fully saturated rings. The summed E-state index contributed by atoms with van der Waals surface area (Å²) in [6, 6.07) is 7.88. The quantitative estimate of drug-likeness (QED) is 0.848. The monoisotopic (exact) mass is 217 g/mol. The van der Waals surface area contributed by atoms with Gasteiger partial charge in [0.25, 0.3) is 0 Å². The second-order valence-corrected chi connectivity index (χ2v) is 3.56. The first-order valence-corrected chi connectivity index (χ1v) is 5.11. The van der Waals surface area contributed by atoms with Crippen LogP contribution in [-0.4, -0.2) is 16.9 Å². The maximum Gasteiger partial charge on any atom is 0.118 e. The Bertz CT molecular complexity index is 474. The van der Waals surface area contributed by atoms with Gasteiger partial charge in [-0.25, -0.2) is 0 Å². The van der Waals surface area contributed by atoms with Crippen LogP contribution in [0.25, 0.3) is 11.1 Å². The molecule has 2 aromatic rings. The summed E-state index contributed by atoms with van der Waals surface area (Å²) in [6.45, 7) is 0.484. The molecule has 2 rings (SSSR count). The van der Waals surface area contributed by atoms with Crippen molar-refractivity contribution in [3.05, 3.63) is 36.2 Å². The van der Waals surface area contributed by atoms with Crippen molar-refractivity contribution in [1.82, 2.24) is 9.78 Å². The second kappa shape index (κ2) is 4.37. The number of hydrogen-bond donors (Lipinski definition) is 1. The lowest BCUT2D eigenvalue weighted by Crippen LogP contribution is -2.05. The normalized spacial score (nSPS) is 10.4. The molecule has 84 valence electrons. The van der Waals surface area contributed by atoms with Gasteiger partial charge in [-0.3, -0.25) is 4.68 Å². The zero-order chi connectivity index (χ0) is 11.5. The lowest BCUT2D eigenvalue weighted by molar-refractivity contribution is 0.415. The lowest BCUT2D eigenvalue weighted by Gasteiger charge is -2.04. The van der Waals surface area contributed by atoms with Crippen molar-refractivity contribution in [3.8, 4) is 16.9 Å². The first-order chi connectivity index (χ1) is 7.76. The molecule has 0 aliphatic heterocycles. The standard InChI is InChI=1S/C12H15N3O/c1-15-12(7-13)11(8-14-15)9-3-5-10(16-2)6-4-9/h3-6,8H,7,13H2,1-2H3. The molecule has 0 radical (unpaired) electrons. The van der Waals surface area contributed by atoms with E-state index in [2.05, 4.69) is 5.10 Å². The van der Waals surface area contributed by atoms with Gasteiger partial charge in [0, 0.05) is 19.2 Å². The van der Waals surface area contributed by atoms with Crippen LogP contribution in [0.15, 0.2) is 30.5 Å². The Morgan fingerprint density at radius 2 is 2.00 bits per heavy atom. The average Bonchev–Trinajstić information content (AvgIpc) is 2.70. The minimum Gasteiger partial charge on any atom is -0.497 e. The maximum atomic E-state index is 5.70. The minimum atomic E-state index is 0.484. The van der Waals surface area contributed by atoms with E-state index in [-0.39, 0.29) is 0 Å². The fraction of sp³-hybridized carbons (Fsp3) is 0.250. The summed E-state index contributed by atoms with van der Waals surface area (Å²) in [5.41, 5.74) is 8.92. The van der Waals surface area contributed by atoms with Gasteiger partial charge >= 0.3 is 0 Å². The fourth-order valence-electron chi connectivity index (χ4n) is 1.72. The number of nitrogens with zero attached hydrogens (tertiary/aromatic N) is 2. The van der Waals surface area contributed by atoms with Crippen molar-refractivity contribution in [2.75, 3.05) is 7.11 Å². The largest absolute Gasteiger partial charge is 0.497 e. The molecule has 0 unspecified atom stereocenters. The highest BCUT2D eigenvalue weighted by Gasteiger charge is 2.08. The van der Waals surface area contributed by atoms with Crippen LogP contribution in [0.4, 0.5) is 0 Å². The molecule has 4 nitrogen and oxygen atoms in total. The van der Waals surface area contributed by atoms with E-state index in [1.165, 1.54) is 0 Å². The summed E-state index contributed by atoms with van der Waals surface area (Å²) < 4.78 is 6.93. The molecule has 0 spiro atoms. The Kier molecular flexibility index (Phi) is 2.92. The molecular weight excluding hydrogens is 202 g/mol. The van der Waals surface area contributed by atoms with Crippen LogP contribution in [0.2, 0.25) is 0 Å². The SMILES string of the molecule is COc1ccc(-c2cnn(C)c2CN)cc1. The number of nitrogens with two attached hydrogens (primary N) is 1. The number of rotatable bonds is 3. The molecule has 1 aromatic heterocycles. The minimum absolute atomic E-state index is 0.484. The first kappa shape index (κ1) is 10.7. The van der Waals surface area contributed by atoms with Crippen LogP contribution in [0.1, 0.15) is 5.69 Å². The van der Waals surface area contributed by atoms with E-state index in [1.54, 1.807) is 11.8 Å². The number of methoxy groups -OCH3 is 1. The van der Waals surface area contributed by atoms with Gasteiger partial charge in [0.15, 0.2) is 0 Å². The highest BCUT2D eigenvalue weighted by molar-refractivity contribution is 5.66. The predicted molar refractivity (Wildman–Crippen MR) is 63.1 cm³/mol. The van der Waals surface area contributed by atoms with E-state index in [9.17, 15) is 0 Å². The first-order valence-electron chi connectivity index (χ1n) is 5.11.